The van der Waals surface area contributed by atoms with Crippen molar-refractivity contribution >= 4 is 30.2 Å². The van der Waals surface area contributed by atoms with E-state index in [1.165, 1.54) is 0 Å². The van der Waals surface area contributed by atoms with Gasteiger partial charge in [-0.05, 0) is 37.3 Å². The lowest BCUT2D eigenvalue weighted by Crippen LogP contribution is -2.42. The van der Waals surface area contributed by atoms with Gasteiger partial charge in [-0.2, -0.15) is 12.6 Å². The summed E-state index contributed by atoms with van der Waals surface area (Å²) in [6.45, 7) is 0. The number of hydrogen-bond acceptors (Lipinski definition) is 4. The SMILES string of the molecule is CO[C@H]1CC[C@@](CS)(C(=O)Nc2ccccc2CC(=O)O)CC1. The molecule has 0 heterocycles. The number of carboxylic acid groups (broad SMARTS) is 1. The van der Waals surface area contributed by atoms with Crippen LogP contribution in [0.5, 0.6) is 0 Å². The molecule has 0 atom stereocenters. The second-order valence-corrected chi connectivity index (χ2v) is 6.37. The van der Waals surface area contributed by atoms with Crippen LogP contribution in [0.3, 0.4) is 0 Å². The molecule has 0 saturated heterocycles. The maximum Gasteiger partial charge on any atom is 0.307 e. The quantitative estimate of drug-likeness (QED) is 0.698. The van der Waals surface area contributed by atoms with Gasteiger partial charge >= 0.3 is 5.97 Å². The number of nitrogens with one attached hydrogen (secondary N) is 1. The van der Waals surface area contributed by atoms with Crippen LogP contribution in [0.15, 0.2) is 24.3 Å². The lowest BCUT2D eigenvalue weighted by Gasteiger charge is -2.37. The zero-order valence-electron chi connectivity index (χ0n) is 13.2. The summed E-state index contributed by atoms with van der Waals surface area (Å²) in [6, 6.07) is 7.02. The van der Waals surface area contributed by atoms with E-state index in [4.69, 9.17) is 9.84 Å². The maximum absolute atomic E-state index is 12.8. The minimum absolute atomic E-state index is 0.0834. The largest absolute Gasteiger partial charge is 0.481 e. The van der Waals surface area contributed by atoms with Crippen LogP contribution in [-0.4, -0.2) is 35.9 Å². The van der Waals surface area contributed by atoms with E-state index in [1.807, 2.05) is 0 Å². The van der Waals surface area contributed by atoms with Gasteiger partial charge in [0.05, 0.1) is 17.9 Å². The molecule has 2 N–H and O–H groups in total. The van der Waals surface area contributed by atoms with Crippen molar-refractivity contribution < 1.29 is 19.4 Å². The highest BCUT2D eigenvalue weighted by Crippen LogP contribution is 2.39. The molecule has 1 amide bonds. The number of benzene rings is 1. The number of thiol groups is 1. The molecule has 23 heavy (non-hydrogen) atoms. The number of carboxylic acids is 1. The Bertz CT molecular complexity index is 567. The van der Waals surface area contributed by atoms with Crippen molar-refractivity contribution in [2.45, 2.75) is 38.2 Å². The molecule has 0 bridgehead atoms. The lowest BCUT2D eigenvalue weighted by molar-refractivity contribution is -0.136. The van der Waals surface area contributed by atoms with Crippen molar-refractivity contribution in [3.05, 3.63) is 29.8 Å². The van der Waals surface area contributed by atoms with Crippen molar-refractivity contribution in [2.24, 2.45) is 5.41 Å². The minimum atomic E-state index is -0.920. The summed E-state index contributed by atoms with van der Waals surface area (Å²) < 4.78 is 5.37. The van der Waals surface area contributed by atoms with Crippen LogP contribution >= 0.6 is 12.6 Å². The average molecular weight is 337 g/mol. The first-order valence-corrected chi connectivity index (χ1v) is 8.39. The molecule has 2 rings (SSSR count). The summed E-state index contributed by atoms with van der Waals surface area (Å²) in [4.78, 5) is 23.8. The Labute approximate surface area is 141 Å². The molecule has 1 fully saturated rings. The number of carbonyl (C=O) groups excluding carboxylic acids is 1. The van der Waals surface area contributed by atoms with Crippen molar-refractivity contribution in [3.63, 3.8) is 0 Å². The first-order chi connectivity index (χ1) is 11.0. The number of anilines is 1. The summed E-state index contributed by atoms with van der Waals surface area (Å²) >= 11 is 4.40. The lowest BCUT2D eigenvalue weighted by atomic mass is 9.73. The highest BCUT2D eigenvalue weighted by Gasteiger charge is 2.41. The zero-order chi connectivity index (χ0) is 16.9. The fourth-order valence-corrected chi connectivity index (χ4v) is 3.51. The van der Waals surface area contributed by atoms with Crippen LogP contribution in [0.25, 0.3) is 0 Å². The second-order valence-electron chi connectivity index (χ2n) is 6.06. The molecule has 0 radical (unpaired) electrons. The Morgan fingerprint density at radius 1 is 1.35 bits per heavy atom. The van der Waals surface area contributed by atoms with Gasteiger partial charge in [0.2, 0.25) is 5.91 Å². The van der Waals surface area contributed by atoms with Gasteiger partial charge in [0.15, 0.2) is 0 Å². The minimum Gasteiger partial charge on any atom is -0.481 e. The fraction of sp³-hybridized carbons (Fsp3) is 0.529. The van der Waals surface area contributed by atoms with E-state index in [-0.39, 0.29) is 18.4 Å². The third-order valence-electron chi connectivity index (χ3n) is 4.61. The van der Waals surface area contributed by atoms with E-state index in [2.05, 4.69) is 17.9 Å². The summed E-state index contributed by atoms with van der Waals surface area (Å²) in [7, 11) is 1.70. The van der Waals surface area contributed by atoms with Gasteiger partial charge in [0.25, 0.3) is 0 Å². The molecule has 6 heteroatoms. The fourth-order valence-electron chi connectivity index (χ4n) is 3.05. The van der Waals surface area contributed by atoms with Crippen LogP contribution in [0.2, 0.25) is 0 Å². The van der Waals surface area contributed by atoms with E-state index in [1.54, 1.807) is 31.4 Å². The first-order valence-electron chi connectivity index (χ1n) is 7.75. The number of para-hydroxylation sites is 1. The van der Waals surface area contributed by atoms with Gasteiger partial charge < -0.3 is 15.2 Å². The summed E-state index contributed by atoms with van der Waals surface area (Å²) in [5, 5.41) is 11.9. The Morgan fingerprint density at radius 2 is 2.00 bits per heavy atom. The molecular formula is C17H23NO4S. The van der Waals surface area contributed by atoms with Crippen molar-refractivity contribution in [1.29, 1.82) is 0 Å². The van der Waals surface area contributed by atoms with Crippen molar-refractivity contribution in [1.82, 2.24) is 0 Å². The highest BCUT2D eigenvalue weighted by atomic mass is 32.1. The molecule has 0 aromatic heterocycles. The molecule has 1 aromatic rings. The number of hydrogen-bond donors (Lipinski definition) is 3. The van der Waals surface area contributed by atoms with Gasteiger partial charge in [-0.25, -0.2) is 0 Å². The standard InChI is InChI=1S/C17H23NO4S/c1-22-13-6-8-17(11-23,9-7-13)16(21)18-14-5-3-2-4-12(14)10-15(19)20/h2-5,13,23H,6-11H2,1H3,(H,18,21)(H,19,20)/t13-,17+. The number of ether oxygens (including phenoxy) is 1. The van der Waals surface area contributed by atoms with Crippen LogP contribution in [0, 0.1) is 5.41 Å². The molecule has 1 aliphatic carbocycles. The van der Waals surface area contributed by atoms with Crippen molar-refractivity contribution in [3.8, 4) is 0 Å². The monoisotopic (exact) mass is 337 g/mol. The normalized spacial score (nSPS) is 24.2. The van der Waals surface area contributed by atoms with E-state index >= 15 is 0 Å². The van der Waals surface area contributed by atoms with Gasteiger partial charge in [0.1, 0.15) is 0 Å². The second kappa shape index (κ2) is 7.84. The van der Waals surface area contributed by atoms with E-state index in [0.717, 1.165) is 25.7 Å². The Hall–Kier alpha value is -1.53. The van der Waals surface area contributed by atoms with Crippen LogP contribution in [-0.2, 0) is 20.7 Å². The molecule has 1 saturated carbocycles. The molecule has 0 spiro atoms. The summed E-state index contributed by atoms with van der Waals surface area (Å²) in [6.07, 6.45) is 3.21. The third kappa shape index (κ3) is 4.26. The maximum atomic E-state index is 12.8. The van der Waals surface area contributed by atoms with Gasteiger partial charge in [-0.15, -0.1) is 0 Å². The van der Waals surface area contributed by atoms with Crippen LogP contribution in [0.1, 0.15) is 31.2 Å². The molecular weight excluding hydrogens is 314 g/mol. The van der Waals surface area contributed by atoms with Crippen molar-refractivity contribution in [2.75, 3.05) is 18.2 Å². The van der Waals surface area contributed by atoms with Gasteiger partial charge in [-0.3, -0.25) is 9.59 Å². The van der Waals surface area contributed by atoms with Gasteiger partial charge in [0, 0.05) is 18.6 Å². The van der Waals surface area contributed by atoms with Crippen LogP contribution < -0.4 is 5.32 Å². The number of carbonyl (C=O) groups is 2. The topological polar surface area (TPSA) is 75.6 Å². The molecule has 1 aromatic carbocycles. The molecule has 5 nitrogen and oxygen atoms in total. The number of rotatable bonds is 6. The zero-order valence-corrected chi connectivity index (χ0v) is 14.1. The van der Waals surface area contributed by atoms with E-state index < -0.39 is 11.4 Å². The summed E-state index contributed by atoms with van der Waals surface area (Å²) in [5.41, 5.74) is 0.650. The molecule has 0 unspecified atom stereocenters. The van der Waals surface area contributed by atoms with E-state index in [0.29, 0.717) is 17.0 Å². The predicted octanol–water partition coefficient (Wildman–Crippen LogP) is 2.76. The van der Waals surface area contributed by atoms with Crippen LogP contribution in [0.4, 0.5) is 5.69 Å². The Balaban J connectivity index is 2.13. The summed E-state index contributed by atoms with van der Waals surface area (Å²) in [5.74, 6) is -0.535. The Kier molecular flexibility index (Phi) is 6.07. The average Bonchev–Trinajstić information content (AvgIpc) is 2.56. The number of methoxy groups -OCH3 is 1. The molecule has 0 aliphatic heterocycles. The Morgan fingerprint density at radius 3 is 2.57 bits per heavy atom. The van der Waals surface area contributed by atoms with Gasteiger partial charge in [-0.1, -0.05) is 18.2 Å². The predicted molar refractivity (Wildman–Crippen MR) is 92.0 cm³/mol. The third-order valence-corrected chi connectivity index (χ3v) is 5.22. The molecule has 1 aliphatic rings. The highest BCUT2D eigenvalue weighted by molar-refractivity contribution is 7.80. The smallest absolute Gasteiger partial charge is 0.307 e. The first kappa shape index (κ1) is 17.8. The number of aliphatic carboxylic acids is 1. The number of amides is 1. The van der Waals surface area contributed by atoms with E-state index in [9.17, 15) is 9.59 Å². The molecule has 126 valence electrons.